The molecule has 2 aromatic heterocycles. The Morgan fingerprint density at radius 1 is 1.04 bits per heavy atom. The molecule has 3 aromatic rings. The molecule has 10 heteroatoms. The number of carbonyl (C=O) groups is 2. The Kier molecular flexibility index (Phi) is 5.41. The number of hydrogen-bond acceptors (Lipinski definition) is 4. The van der Waals surface area contributed by atoms with Crippen molar-refractivity contribution in [2.24, 2.45) is 0 Å². The number of aromatic carboxylic acids is 1. The highest BCUT2D eigenvalue weighted by molar-refractivity contribution is 9.11. The Balaban J connectivity index is 1.91. The number of rotatable bonds is 4. The molecule has 27 heavy (non-hydrogen) atoms. The minimum absolute atomic E-state index is 0.0944. The first kappa shape index (κ1) is 19.6. The third-order valence-corrected chi connectivity index (χ3v) is 6.26. The van der Waals surface area contributed by atoms with Crippen molar-refractivity contribution in [1.82, 2.24) is 0 Å². The second-order valence-electron chi connectivity index (χ2n) is 5.29. The number of amides is 1. The van der Waals surface area contributed by atoms with E-state index in [0.29, 0.717) is 15.3 Å². The maximum atomic E-state index is 12.7. The van der Waals surface area contributed by atoms with Crippen LogP contribution in [0.5, 0.6) is 0 Å². The van der Waals surface area contributed by atoms with Gasteiger partial charge in [0, 0.05) is 4.88 Å². The third kappa shape index (κ3) is 4.40. The summed E-state index contributed by atoms with van der Waals surface area (Å²) in [6, 6.07) is 9.11. The van der Waals surface area contributed by atoms with Crippen molar-refractivity contribution in [2.45, 2.75) is 6.18 Å². The zero-order valence-corrected chi connectivity index (χ0v) is 16.4. The molecule has 0 atom stereocenters. The first-order valence-corrected chi connectivity index (χ1v) is 9.69. The molecule has 0 radical (unpaired) electrons. The van der Waals surface area contributed by atoms with Crippen molar-refractivity contribution in [2.75, 3.05) is 5.32 Å². The quantitative estimate of drug-likeness (QED) is 0.471. The second kappa shape index (κ2) is 7.45. The van der Waals surface area contributed by atoms with Gasteiger partial charge in [-0.15, -0.1) is 22.7 Å². The van der Waals surface area contributed by atoms with Crippen molar-refractivity contribution in [3.8, 4) is 10.4 Å². The van der Waals surface area contributed by atoms with Gasteiger partial charge in [0.05, 0.1) is 19.9 Å². The van der Waals surface area contributed by atoms with Crippen molar-refractivity contribution in [1.29, 1.82) is 0 Å². The van der Waals surface area contributed by atoms with E-state index in [1.165, 1.54) is 29.5 Å². The first-order chi connectivity index (χ1) is 12.6. The van der Waals surface area contributed by atoms with Crippen LogP contribution in [0.2, 0.25) is 0 Å². The normalized spacial score (nSPS) is 11.4. The molecule has 1 amide bonds. The number of halogens is 4. The summed E-state index contributed by atoms with van der Waals surface area (Å²) in [6.07, 6.45) is -4.45. The molecule has 1 aromatic carbocycles. The van der Waals surface area contributed by atoms with E-state index >= 15 is 0 Å². The van der Waals surface area contributed by atoms with Crippen LogP contribution >= 0.6 is 38.6 Å². The van der Waals surface area contributed by atoms with Gasteiger partial charge in [-0.3, -0.25) is 4.79 Å². The number of alkyl halides is 3. The van der Waals surface area contributed by atoms with Crippen molar-refractivity contribution in [3.63, 3.8) is 0 Å². The molecule has 2 heterocycles. The molecule has 140 valence electrons. The molecule has 0 saturated heterocycles. The molecular weight excluding hydrogens is 467 g/mol. The van der Waals surface area contributed by atoms with Crippen LogP contribution in [0.1, 0.15) is 24.9 Å². The van der Waals surface area contributed by atoms with Crippen LogP contribution in [0.4, 0.5) is 18.9 Å². The summed E-state index contributed by atoms with van der Waals surface area (Å²) in [5.41, 5.74) is -0.273. The fraction of sp³-hybridized carbons (Fsp3) is 0.0588. The summed E-state index contributed by atoms with van der Waals surface area (Å²) in [5.74, 6) is -1.70. The summed E-state index contributed by atoms with van der Waals surface area (Å²) in [6.45, 7) is 0. The number of benzene rings is 1. The lowest BCUT2D eigenvalue weighted by Crippen LogP contribution is -2.11. The highest BCUT2D eigenvalue weighted by atomic mass is 79.9. The van der Waals surface area contributed by atoms with Gasteiger partial charge < -0.3 is 10.4 Å². The number of carboxylic acid groups (broad SMARTS) is 1. The molecular formula is C17H9BrF3NO3S2. The molecule has 0 fully saturated rings. The molecule has 0 saturated carbocycles. The zero-order valence-electron chi connectivity index (χ0n) is 13.1. The minimum Gasteiger partial charge on any atom is -0.477 e. The molecule has 0 spiro atoms. The summed E-state index contributed by atoms with van der Waals surface area (Å²) < 4.78 is 38.8. The van der Waals surface area contributed by atoms with Gasteiger partial charge >= 0.3 is 12.1 Å². The van der Waals surface area contributed by atoms with E-state index in [0.717, 1.165) is 27.3 Å². The minimum atomic E-state index is -4.45. The number of carboxylic acids is 1. The fourth-order valence-corrected chi connectivity index (χ4v) is 4.47. The van der Waals surface area contributed by atoms with E-state index in [1.807, 2.05) is 0 Å². The number of anilines is 1. The van der Waals surface area contributed by atoms with Gasteiger partial charge in [0.25, 0.3) is 5.91 Å². The Morgan fingerprint density at radius 2 is 1.70 bits per heavy atom. The molecule has 0 aliphatic rings. The van der Waals surface area contributed by atoms with E-state index in [2.05, 4.69) is 21.2 Å². The predicted octanol–water partition coefficient (Wildman–Crippen LogP) is 6.21. The smallest absolute Gasteiger partial charge is 0.416 e. The summed E-state index contributed by atoms with van der Waals surface area (Å²) in [7, 11) is 0. The predicted molar refractivity (Wildman–Crippen MR) is 102 cm³/mol. The van der Waals surface area contributed by atoms with Gasteiger partial charge in [-0.25, -0.2) is 4.79 Å². The lowest BCUT2D eigenvalue weighted by molar-refractivity contribution is -0.137. The molecule has 0 aliphatic carbocycles. The number of hydrogen-bond donors (Lipinski definition) is 2. The monoisotopic (exact) mass is 475 g/mol. The molecule has 0 bridgehead atoms. The van der Waals surface area contributed by atoms with Gasteiger partial charge in [0.1, 0.15) is 4.88 Å². The topological polar surface area (TPSA) is 66.4 Å². The van der Waals surface area contributed by atoms with Gasteiger partial charge in [0.15, 0.2) is 0 Å². The third-order valence-electron chi connectivity index (χ3n) is 3.47. The number of nitrogens with one attached hydrogen (secondary N) is 1. The second-order valence-corrected chi connectivity index (χ2v) is 8.81. The van der Waals surface area contributed by atoms with Gasteiger partial charge in [-0.2, -0.15) is 13.2 Å². The van der Waals surface area contributed by atoms with Crippen molar-refractivity contribution < 1.29 is 27.9 Å². The average Bonchev–Trinajstić information content (AvgIpc) is 3.21. The number of carbonyl (C=O) groups excluding carboxylic acids is 1. The van der Waals surface area contributed by atoms with Gasteiger partial charge in [0.2, 0.25) is 0 Å². The lowest BCUT2D eigenvalue weighted by atomic mass is 10.1. The maximum absolute atomic E-state index is 12.7. The number of thiophene rings is 2. The van der Waals surface area contributed by atoms with Crippen LogP contribution < -0.4 is 5.32 Å². The highest BCUT2D eigenvalue weighted by Crippen LogP contribution is 2.37. The van der Waals surface area contributed by atoms with Gasteiger partial charge in [-0.05, 0) is 51.8 Å². The van der Waals surface area contributed by atoms with E-state index in [1.54, 1.807) is 12.1 Å². The molecule has 3 rings (SSSR count). The van der Waals surface area contributed by atoms with Gasteiger partial charge in [-0.1, -0.05) is 12.1 Å². The summed E-state index contributed by atoms with van der Waals surface area (Å²) >= 11 is 5.31. The van der Waals surface area contributed by atoms with E-state index in [-0.39, 0.29) is 10.6 Å². The Morgan fingerprint density at radius 3 is 2.22 bits per heavy atom. The van der Waals surface area contributed by atoms with Crippen LogP contribution in [0.3, 0.4) is 0 Å². The Bertz CT molecular complexity index is 1010. The van der Waals surface area contributed by atoms with E-state index in [9.17, 15) is 27.9 Å². The van der Waals surface area contributed by atoms with E-state index < -0.39 is 23.6 Å². The van der Waals surface area contributed by atoms with Crippen LogP contribution in [-0.2, 0) is 6.18 Å². The molecule has 0 aliphatic heterocycles. The summed E-state index contributed by atoms with van der Waals surface area (Å²) in [4.78, 5) is 24.5. The lowest BCUT2D eigenvalue weighted by Gasteiger charge is -2.06. The van der Waals surface area contributed by atoms with Crippen LogP contribution in [-0.4, -0.2) is 17.0 Å². The standard InChI is InChI=1S/C17H9BrF3NO3S2/c18-13-6-5-11(26-13)15(23)22-10-7-12(27-14(10)16(24)25)8-1-3-9(4-2-8)17(19,20)21/h1-7H,(H,22,23)(H,24,25). The fourth-order valence-electron chi connectivity index (χ4n) is 2.23. The SMILES string of the molecule is O=C(Nc1cc(-c2ccc(C(F)(F)F)cc2)sc1C(=O)O)c1ccc(Br)s1. The van der Waals surface area contributed by atoms with Crippen molar-refractivity contribution >= 4 is 56.2 Å². The molecule has 4 nitrogen and oxygen atoms in total. The van der Waals surface area contributed by atoms with Crippen LogP contribution in [0, 0.1) is 0 Å². The Labute approximate surface area is 167 Å². The van der Waals surface area contributed by atoms with Crippen molar-refractivity contribution in [3.05, 3.63) is 61.6 Å². The zero-order chi connectivity index (χ0) is 19.8. The first-order valence-electron chi connectivity index (χ1n) is 7.26. The Hall–Kier alpha value is -2.17. The highest BCUT2D eigenvalue weighted by Gasteiger charge is 2.30. The molecule has 2 N–H and O–H groups in total. The average molecular weight is 476 g/mol. The van der Waals surface area contributed by atoms with E-state index in [4.69, 9.17) is 0 Å². The van der Waals surface area contributed by atoms with Crippen LogP contribution in [0.25, 0.3) is 10.4 Å². The summed E-state index contributed by atoms with van der Waals surface area (Å²) in [5, 5.41) is 11.9. The van der Waals surface area contributed by atoms with Crippen LogP contribution in [0.15, 0.2) is 46.3 Å². The largest absolute Gasteiger partial charge is 0.477 e. The molecule has 0 unspecified atom stereocenters. The maximum Gasteiger partial charge on any atom is 0.416 e.